The van der Waals surface area contributed by atoms with Gasteiger partial charge in [-0.3, -0.25) is 4.79 Å². The summed E-state index contributed by atoms with van der Waals surface area (Å²) in [4.78, 5) is 15.2. The summed E-state index contributed by atoms with van der Waals surface area (Å²) in [5, 5.41) is 6.67. The molecule has 5 nitrogen and oxygen atoms in total. The summed E-state index contributed by atoms with van der Waals surface area (Å²) < 4.78 is 1.24. The highest BCUT2D eigenvalue weighted by Crippen LogP contribution is 2.09. The number of halogens is 2. The Bertz CT molecular complexity index is 369. The van der Waals surface area contributed by atoms with Crippen molar-refractivity contribution in [3.63, 3.8) is 0 Å². The minimum atomic E-state index is -0.284. The van der Waals surface area contributed by atoms with Crippen molar-refractivity contribution in [2.45, 2.75) is 32.9 Å². The Hall–Kier alpha value is -0.810. The van der Waals surface area contributed by atoms with Gasteiger partial charge in [0.1, 0.15) is 6.54 Å². The highest BCUT2D eigenvalue weighted by atomic mass is 35.5. The molecule has 0 unspecified atom stereocenters. The molecule has 7 heteroatoms. The maximum Gasteiger partial charge on any atom is 0.243 e. The van der Waals surface area contributed by atoms with Crippen LogP contribution >= 0.6 is 23.2 Å². The van der Waals surface area contributed by atoms with E-state index in [2.05, 4.69) is 15.4 Å². The number of aromatic nitrogens is 3. The molecule has 0 saturated heterocycles. The number of hydrogen-bond acceptors (Lipinski definition) is 3. The third-order valence-corrected chi connectivity index (χ3v) is 1.85. The van der Waals surface area contributed by atoms with E-state index in [0.717, 1.165) is 0 Å². The average molecular weight is 251 g/mol. The Morgan fingerprint density at radius 2 is 2.07 bits per heavy atom. The molecular weight excluding hydrogens is 239 g/mol. The number of hydrogen-bond donors (Lipinski definition) is 1. The van der Waals surface area contributed by atoms with E-state index < -0.39 is 0 Å². The lowest BCUT2D eigenvalue weighted by Gasteiger charge is -2.20. The molecule has 84 valence electrons. The van der Waals surface area contributed by atoms with Crippen molar-refractivity contribution in [2.75, 3.05) is 0 Å². The first-order valence-corrected chi connectivity index (χ1v) is 5.10. The fraction of sp³-hybridized carbons (Fsp3) is 0.625. The van der Waals surface area contributed by atoms with Crippen molar-refractivity contribution in [3.8, 4) is 0 Å². The summed E-state index contributed by atoms with van der Waals surface area (Å²) >= 11 is 11.2. The molecule has 0 aliphatic rings. The van der Waals surface area contributed by atoms with Crippen molar-refractivity contribution in [3.05, 3.63) is 10.6 Å². The van der Waals surface area contributed by atoms with Crippen molar-refractivity contribution in [1.29, 1.82) is 0 Å². The standard InChI is InChI=1S/C8H12Cl2N4O/c1-8(2,3)12-5(15)4-14-7(10)11-6(9)13-14/h4H2,1-3H3,(H,12,15). The van der Waals surface area contributed by atoms with Crippen molar-refractivity contribution in [1.82, 2.24) is 20.1 Å². The molecule has 1 N–H and O–H groups in total. The maximum atomic E-state index is 11.5. The van der Waals surface area contributed by atoms with Crippen LogP contribution in [0.3, 0.4) is 0 Å². The molecule has 0 spiro atoms. The number of amides is 1. The molecule has 15 heavy (non-hydrogen) atoms. The van der Waals surface area contributed by atoms with Gasteiger partial charge in [-0.25, -0.2) is 4.68 Å². The maximum absolute atomic E-state index is 11.5. The molecule has 0 aromatic carbocycles. The Labute approximate surface area is 97.8 Å². The lowest BCUT2D eigenvalue weighted by molar-refractivity contribution is -0.123. The minimum absolute atomic E-state index is 0.00975. The summed E-state index contributed by atoms with van der Waals surface area (Å²) in [6, 6.07) is 0. The van der Waals surface area contributed by atoms with Crippen molar-refractivity contribution < 1.29 is 4.79 Å². The van der Waals surface area contributed by atoms with E-state index in [9.17, 15) is 4.79 Å². The van der Waals surface area contributed by atoms with Crippen LogP contribution in [0.5, 0.6) is 0 Å². The number of nitrogens with zero attached hydrogens (tertiary/aromatic N) is 3. The predicted molar refractivity (Wildman–Crippen MR) is 57.9 cm³/mol. The predicted octanol–water partition coefficient (Wildman–Crippen LogP) is 1.50. The summed E-state index contributed by atoms with van der Waals surface area (Å²) in [7, 11) is 0. The van der Waals surface area contributed by atoms with Crippen molar-refractivity contribution in [2.24, 2.45) is 0 Å². The number of rotatable bonds is 2. The fourth-order valence-electron chi connectivity index (χ4n) is 0.991. The van der Waals surface area contributed by atoms with Crippen LogP contribution in [-0.4, -0.2) is 26.2 Å². The van der Waals surface area contributed by atoms with E-state index in [1.165, 1.54) is 4.68 Å². The second kappa shape index (κ2) is 4.37. The number of carbonyl (C=O) groups excluding carboxylic acids is 1. The average Bonchev–Trinajstić information content (AvgIpc) is 2.25. The fourth-order valence-corrected chi connectivity index (χ4v) is 1.38. The zero-order valence-electron chi connectivity index (χ0n) is 8.71. The first-order valence-electron chi connectivity index (χ1n) is 4.35. The number of nitrogens with one attached hydrogen (secondary N) is 1. The molecule has 0 radical (unpaired) electrons. The van der Waals surface area contributed by atoms with E-state index in [1.54, 1.807) is 0 Å². The molecule has 0 bridgehead atoms. The van der Waals surface area contributed by atoms with Gasteiger partial charge < -0.3 is 5.32 Å². The summed E-state index contributed by atoms with van der Waals surface area (Å²) in [5.74, 6) is -0.189. The van der Waals surface area contributed by atoms with Crippen LogP contribution in [0.2, 0.25) is 10.6 Å². The van der Waals surface area contributed by atoms with Crippen LogP contribution in [0, 0.1) is 0 Å². The van der Waals surface area contributed by atoms with Gasteiger partial charge in [0.05, 0.1) is 0 Å². The monoisotopic (exact) mass is 250 g/mol. The van der Waals surface area contributed by atoms with E-state index in [-0.39, 0.29) is 28.6 Å². The van der Waals surface area contributed by atoms with Crippen LogP contribution in [-0.2, 0) is 11.3 Å². The molecule has 1 rings (SSSR count). The third kappa shape index (κ3) is 4.05. The van der Waals surface area contributed by atoms with Gasteiger partial charge in [-0.15, -0.1) is 5.10 Å². The summed E-state index contributed by atoms with van der Waals surface area (Å²) in [6.07, 6.45) is 0. The summed E-state index contributed by atoms with van der Waals surface area (Å²) in [5.41, 5.74) is -0.284. The van der Waals surface area contributed by atoms with Crippen LogP contribution in [0.1, 0.15) is 20.8 Å². The Balaban J connectivity index is 2.63. The molecule has 0 saturated carbocycles. The second-order valence-corrected chi connectivity index (χ2v) is 4.78. The quantitative estimate of drug-likeness (QED) is 0.866. The molecule has 1 heterocycles. The SMILES string of the molecule is CC(C)(C)NC(=O)Cn1nc(Cl)nc1Cl. The highest BCUT2D eigenvalue weighted by Gasteiger charge is 2.16. The van der Waals surface area contributed by atoms with Crippen LogP contribution in [0.4, 0.5) is 0 Å². The molecule has 1 aromatic rings. The molecule has 1 aromatic heterocycles. The van der Waals surface area contributed by atoms with Crippen LogP contribution in [0.25, 0.3) is 0 Å². The minimum Gasteiger partial charge on any atom is -0.350 e. The topological polar surface area (TPSA) is 59.8 Å². The largest absolute Gasteiger partial charge is 0.350 e. The van der Waals surface area contributed by atoms with E-state index >= 15 is 0 Å². The lowest BCUT2D eigenvalue weighted by atomic mass is 10.1. The lowest BCUT2D eigenvalue weighted by Crippen LogP contribution is -2.42. The van der Waals surface area contributed by atoms with Crippen molar-refractivity contribution >= 4 is 29.1 Å². The first kappa shape index (κ1) is 12.3. The van der Waals surface area contributed by atoms with Gasteiger partial charge >= 0.3 is 0 Å². The zero-order chi connectivity index (χ0) is 11.6. The summed E-state index contributed by atoms with van der Waals surface area (Å²) in [6.45, 7) is 5.68. The third-order valence-electron chi connectivity index (χ3n) is 1.41. The molecule has 1 amide bonds. The van der Waals surface area contributed by atoms with Crippen LogP contribution in [0.15, 0.2) is 0 Å². The Morgan fingerprint density at radius 1 is 1.47 bits per heavy atom. The van der Waals surface area contributed by atoms with Gasteiger partial charge in [-0.05, 0) is 44.0 Å². The molecule has 0 aliphatic carbocycles. The Morgan fingerprint density at radius 3 is 2.47 bits per heavy atom. The van der Waals surface area contributed by atoms with Gasteiger partial charge in [0.2, 0.25) is 16.5 Å². The molecule has 0 fully saturated rings. The van der Waals surface area contributed by atoms with E-state index in [1.807, 2.05) is 20.8 Å². The van der Waals surface area contributed by atoms with Crippen LogP contribution < -0.4 is 5.32 Å². The second-order valence-electron chi connectivity index (χ2n) is 4.11. The molecular formula is C8H12Cl2N4O. The zero-order valence-corrected chi connectivity index (χ0v) is 10.2. The van der Waals surface area contributed by atoms with E-state index in [4.69, 9.17) is 23.2 Å². The first-order chi connectivity index (χ1) is 6.78. The number of carbonyl (C=O) groups is 1. The smallest absolute Gasteiger partial charge is 0.243 e. The molecule has 0 atom stereocenters. The van der Waals surface area contributed by atoms with Gasteiger partial charge in [0, 0.05) is 5.54 Å². The highest BCUT2D eigenvalue weighted by molar-refractivity contribution is 6.31. The van der Waals surface area contributed by atoms with E-state index in [0.29, 0.717) is 0 Å². The van der Waals surface area contributed by atoms with Gasteiger partial charge in [-0.2, -0.15) is 4.98 Å². The normalized spacial score (nSPS) is 11.5. The Kier molecular flexibility index (Phi) is 3.57. The van der Waals surface area contributed by atoms with Gasteiger partial charge in [0.25, 0.3) is 0 Å². The molecule has 0 aliphatic heterocycles. The van der Waals surface area contributed by atoms with Gasteiger partial charge in [0.15, 0.2) is 0 Å². The van der Waals surface area contributed by atoms with Gasteiger partial charge in [-0.1, -0.05) is 0 Å².